The van der Waals surface area contributed by atoms with Crippen LogP contribution in [-0.2, 0) is 5.41 Å². The first-order chi connectivity index (χ1) is 29.2. The third-order valence-electron chi connectivity index (χ3n) is 12.6. The standard InChI is InChI=1S/C56H35N3/c57-36-37-24-28-44-45-29-27-43(35-51(45)56(50(44)32-37,40-14-4-1-5-15-40)41-16-6-2-7-17-41)59-53-23-13-11-21-47(53)49-34-39(26-31-55(49)59)38-25-30-54-48(33-38)46-20-10-12-22-52(46)58(54)42-18-8-3-9-19-42/h1-35H. The highest BCUT2D eigenvalue weighted by molar-refractivity contribution is 6.12. The monoisotopic (exact) mass is 749 g/mol. The maximum atomic E-state index is 10.1. The fraction of sp³-hybridized carbons (Fsp3) is 0.0179. The van der Waals surface area contributed by atoms with E-state index in [0.717, 1.165) is 33.5 Å². The van der Waals surface area contributed by atoms with Gasteiger partial charge in [-0.3, -0.25) is 0 Å². The summed E-state index contributed by atoms with van der Waals surface area (Å²) in [6.07, 6.45) is 0. The van der Waals surface area contributed by atoms with E-state index in [1.807, 2.05) is 6.07 Å². The molecular formula is C56H35N3. The minimum atomic E-state index is -0.621. The van der Waals surface area contributed by atoms with Crippen LogP contribution in [0.3, 0.4) is 0 Å². The van der Waals surface area contributed by atoms with Crippen molar-refractivity contribution in [1.29, 1.82) is 5.26 Å². The summed E-state index contributed by atoms with van der Waals surface area (Å²) < 4.78 is 4.79. The average molecular weight is 750 g/mol. The normalized spacial score (nSPS) is 12.9. The van der Waals surface area contributed by atoms with Gasteiger partial charge in [0.2, 0.25) is 0 Å². The molecule has 3 nitrogen and oxygen atoms in total. The predicted octanol–water partition coefficient (Wildman–Crippen LogP) is 13.8. The summed E-state index contributed by atoms with van der Waals surface area (Å²) in [5, 5.41) is 15.1. The fourth-order valence-electron chi connectivity index (χ4n) is 10.1. The highest BCUT2D eigenvalue weighted by Gasteiger charge is 2.46. The molecule has 0 radical (unpaired) electrons. The minimum absolute atomic E-state index is 0.621. The summed E-state index contributed by atoms with van der Waals surface area (Å²) >= 11 is 0. The van der Waals surface area contributed by atoms with Gasteiger partial charge in [-0.2, -0.15) is 5.26 Å². The van der Waals surface area contributed by atoms with Gasteiger partial charge in [0.05, 0.1) is 39.1 Å². The molecule has 0 saturated carbocycles. The zero-order valence-electron chi connectivity index (χ0n) is 32.0. The van der Waals surface area contributed by atoms with E-state index < -0.39 is 5.41 Å². The van der Waals surface area contributed by atoms with E-state index in [1.54, 1.807) is 0 Å². The van der Waals surface area contributed by atoms with Crippen LogP contribution < -0.4 is 0 Å². The van der Waals surface area contributed by atoms with E-state index in [0.29, 0.717) is 5.56 Å². The first kappa shape index (κ1) is 33.2. The fourth-order valence-corrected chi connectivity index (χ4v) is 10.1. The Kier molecular flexibility index (Phi) is 7.21. The zero-order valence-corrected chi connectivity index (χ0v) is 32.0. The molecule has 59 heavy (non-hydrogen) atoms. The van der Waals surface area contributed by atoms with Gasteiger partial charge in [-0.25, -0.2) is 0 Å². The number of nitrogens with zero attached hydrogens (tertiary/aromatic N) is 3. The highest BCUT2D eigenvalue weighted by Crippen LogP contribution is 2.57. The van der Waals surface area contributed by atoms with Crippen molar-refractivity contribution in [3.05, 3.63) is 240 Å². The molecule has 0 amide bonds. The van der Waals surface area contributed by atoms with E-state index in [2.05, 4.69) is 221 Å². The number of nitriles is 1. The number of rotatable bonds is 5. The Bertz CT molecular complexity index is 3450. The molecule has 9 aromatic carbocycles. The lowest BCUT2D eigenvalue weighted by molar-refractivity contribution is 0.767. The molecule has 0 N–H and O–H groups in total. The van der Waals surface area contributed by atoms with Crippen molar-refractivity contribution >= 4 is 43.6 Å². The number of benzene rings is 9. The van der Waals surface area contributed by atoms with E-state index in [1.165, 1.54) is 66.0 Å². The smallest absolute Gasteiger partial charge is 0.0991 e. The van der Waals surface area contributed by atoms with Crippen LogP contribution in [0.25, 0.3) is 77.2 Å². The Labute approximate surface area is 341 Å². The molecule has 1 aliphatic carbocycles. The third-order valence-corrected chi connectivity index (χ3v) is 12.6. The van der Waals surface area contributed by atoms with Crippen LogP contribution in [0.1, 0.15) is 27.8 Å². The lowest BCUT2D eigenvalue weighted by Crippen LogP contribution is -2.28. The van der Waals surface area contributed by atoms with Gasteiger partial charge in [-0.15, -0.1) is 0 Å². The van der Waals surface area contributed by atoms with E-state index >= 15 is 0 Å². The minimum Gasteiger partial charge on any atom is -0.309 e. The van der Waals surface area contributed by atoms with Crippen LogP contribution in [0.4, 0.5) is 0 Å². The number of fused-ring (bicyclic) bond motifs is 9. The highest BCUT2D eigenvalue weighted by atomic mass is 15.0. The number of hydrogen-bond acceptors (Lipinski definition) is 1. The molecule has 0 unspecified atom stereocenters. The molecule has 0 spiro atoms. The first-order valence-electron chi connectivity index (χ1n) is 20.2. The van der Waals surface area contributed by atoms with E-state index in [9.17, 15) is 5.26 Å². The summed E-state index contributed by atoms with van der Waals surface area (Å²) in [4.78, 5) is 0. The summed E-state index contributed by atoms with van der Waals surface area (Å²) in [6.45, 7) is 0. The van der Waals surface area contributed by atoms with Crippen LogP contribution in [0, 0.1) is 11.3 Å². The first-order valence-corrected chi connectivity index (χ1v) is 20.2. The third kappa shape index (κ3) is 4.75. The molecule has 2 heterocycles. The topological polar surface area (TPSA) is 33.6 Å². The van der Waals surface area contributed by atoms with Gasteiger partial charge in [-0.05, 0) is 117 Å². The molecule has 274 valence electrons. The van der Waals surface area contributed by atoms with E-state index in [4.69, 9.17) is 0 Å². The van der Waals surface area contributed by atoms with Crippen molar-refractivity contribution in [3.63, 3.8) is 0 Å². The number of para-hydroxylation sites is 3. The van der Waals surface area contributed by atoms with Gasteiger partial charge in [0.15, 0.2) is 0 Å². The van der Waals surface area contributed by atoms with Crippen LogP contribution in [-0.4, -0.2) is 9.13 Å². The molecule has 0 bridgehead atoms. The molecule has 11 aromatic rings. The second-order valence-electron chi connectivity index (χ2n) is 15.6. The predicted molar refractivity (Wildman–Crippen MR) is 243 cm³/mol. The molecule has 1 aliphatic rings. The van der Waals surface area contributed by atoms with Gasteiger partial charge < -0.3 is 9.13 Å². The molecule has 0 aliphatic heterocycles. The number of aromatic nitrogens is 2. The van der Waals surface area contributed by atoms with Crippen LogP contribution in [0.5, 0.6) is 0 Å². The van der Waals surface area contributed by atoms with Gasteiger partial charge in [0.25, 0.3) is 0 Å². The van der Waals surface area contributed by atoms with Crippen LogP contribution in [0.2, 0.25) is 0 Å². The maximum absolute atomic E-state index is 10.1. The largest absolute Gasteiger partial charge is 0.309 e. The van der Waals surface area contributed by atoms with E-state index in [-0.39, 0.29) is 0 Å². The molecule has 2 aromatic heterocycles. The summed E-state index contributed by atoms with van der Waals surface area (Å²) in [5.74, 6) is 0. The molecule has 12 rings (SSSR count). The summed E-state index contributed by atoms with van der Waals surface area (Å²) in [5.41, 5.74) is 16.4. The summed E-state index contributed by atoms with van der Waals surface area (Å²) in [6, 6.07) is 79.1. The van der Waals surface area contributed by atoms with Gasteiger partial charge in [0, 0.05) is 32.9 Å². The molecule has 0 saturated heterocycles. The van der Waals surface area contributed by atoms with Crippen LogP contribution in [0.15, 0.2) is 212 Å². The number of hydrogen-bond donors (Lipinski definition) is 0. The molecule has 0 fully saturated rings. The zero-order chi connectivity index (χ0) is 39.1. The Morgan fingerprint density at radius 1 is 0.356 bits per heavy atom. The quantitative estimate of drug-likeness (QED) is 0.172. The average Bonchev–Trinajstić information content (AvgIpc) is 3.93. The van der Waals surface area contributed by atoms with Crippen LogP contribution >= 0.6 is 0 Å². The Balaban J connectivity index is 1.07. The van der Waals surface area contributed by atoms with Gasteiger partial charge in [-0.1, -0.05) is 140 Å². The lowest BCUT2D eigenvalue weighted by Gasteiger charge is -2.34. The Morgan fingerprint density at radius 3 is 1.37 bits per heavy atom. The van der Waals surface area contributed by atoms with Crippen molar-refractivity contribution in [3.8, 4) is 39.7 Å². The Hall–Kier alpha value is -7.93. The Morgan fingerprint density at radius 2 is 0.814 bits per heavy atom. The SMILES string of the molecule is N#Cc1ccc2c(c1)C(c1ccccc1)(c1ccccc1)c1cc(-n3c4ccccc4c4cc(-c5ccc6c(c5)c5ccccc5n6-c5ccccc5)ccc43)ccc1-2. The maximum Gasteiger partial charge on any atom is 0.0991 e. The van der Waals surface area contributed by atoms with Crippen molar-refractivity contribution < 1.29 is 0 Å². The molecule has 0 atom stereocenters. The van der Waals surface area contributed by atoms with Crippen molar-refractivity contribution in [2.75, 3.05) is 0 Å². The molecule has 3 heteroatoms. The van der Waals surface area contributed by atoms with Gasteiger partial charge in [0.1, 0.15) is 0 Å². The van der Waals surface area contributed by atoms with Crippen molar-refractivity contribution in [2.24, 2.45) is 0 Å². The second kappa shape index (κ2) is 12.8. The van der Waals surface area contributed by atoms with Crippen molar-refractivity contribution in [2.45, 2.75) is 5.41 Å². The lowest BCUT2D eigenvalue weighted by atomic mass is 9.67. The molecular weight excluding hydrogens is 715 g/mol. The van der Waals surface area contributed by atoms with Gasteiger partial charge >= 0.3 is 0 Å². The summed E-state index contributed by atoms with van der Waals surface area (Å²) in [7, 11) is 0. The van der Waals surface area contributed by atoms with Crippen molar-refractivity contribution in [1.82, 2.24) is 9.13 Å². The second-order valence-corrected chi connectivity index (χ2v) is 15.6.